The van der Waals surface area contributed by atoms with E-state index in [4.69, 9.17) is 0 Å². The predicted molar refractivity (Wildman–Crippen MR) is 124 cm³/mol. The summed E-state index contributed by atoms with van der Waals surface area (Å²) in [6.07, 6.45) is 4.57. The Hall–Kier alpha value is -4.19. The minimum Gasteiger partial charge on any atom is -0.268 e. The molecule has 2 N–H and O–H groups in total. The minimum atomic E-state index is -0.375. The van der Waals surface area contributed by atoms with Gasteiger partial charge in [0.2, 0.25) is 0 Å². The number of carbonyl (C=O) groups excluding carboxylic acids is 2. The van der Waals surface area contributed by atoms with E-state index in [1.807, 2.05) is 65.5 Å². The summed E-state index contributed by atoms with van der Waals surface area (Å²) >= 11 is 0. The van der Waals surface area contributed by atoms with Crippen LogP contribution in [0.3, 0.4) is 0 Å². The third-order valence-corrected chi connectivity index (χ3v) is 5.25. The summed E-state index contributed by atoms with van der Waals surface area (Å²) in [6, 6.07) is 24.5. The molecule has 4 rings (SSSR count). The number of benzene rings is 3. The van der Waals surface area contributed by atoms with Crippen LogP contribution in [0.25, 0.3) is 11.1 Å². The first-order chi connectivity index (χ1) is 15.6. The molecule has 0 spiro atoms. The van der Waals surface area contributed by atoms with E-state index in [0.29, 0.717) is 17.7 Å². The first kappa shape index (κ1) is 21.1. The monoisotopic (exact) mass is 424 g/mol. The molecular weight excluding hydrogens is 400 g/mol. The van der Waals surface area contributed by atoms with Gasteiger partial charge in [0.1, 0.15) is 0 Å². The zero-order valence-electron chi connectivity index (χ0n) is 17.8. The predicted octanol–water partition coefficient (Wildman–Crippen LogP) is 4.24. The standard InChI is InChI=1S/C26H24N4O2/c1-2-19-8-14-22(15-9-19)25(31)28-29-26(32)24-7-4-3-6-23(24)21-12-10-20(11-13-21)18-30-17-5-16-27-30/h3-17H,2,18H2,1H3,(H,28,31)(H,29,32). The number of hydrogen-bond acceptors (Lipinski definition) is 3. The first-order valence-corrected chi connectivity index (χ1v) is 10.5. The molecule has 0 fully saturated rings. The van der Waals surface area contributed by atoms with Crippen LogP contribution in [0, 0.1) is 0 Å². The highest BCUT2D eigenvalue weighted by molar-refractivity contribution is 6.03. The normalized spacial score (nSPS) is 10.5. The maximum absolute atomic E-state index is 12.8. The number of carbonyl (C=O) groups is 2. The quantitative estimate of drug-likeness (QED) is 0.455. The molecule has 0 unspecified atom stereocenters. The van der Waals surface area contributed by atoms with Crippen LogP contribution in [0.2, 0.25) is 0 Å². The van der Waals surface area contributed by atoms with Crippen molar-refractivity contribution in [3.63, 3.8) is 0 Å². The molecular formula is C26H24N4O2. The Morgan fingerprint density at radius 3 is 2.19 bits per heavy atom. The van der Waals surface area contributed by atoms with Gasteiger partial charge < -0.3 is 0 Å². The van der Waals surface area contributed by atoms with Crippen LogP contribution in [0.1, 0.15) is 38.8 Å². The molecule has 1 heterocycles. The highest BCUT2D eigenvalue weighted by atomic mass is 16.2. The number of hydrogen-bond donors (Lipinski definition) is 2. The second kappa shape index (κ2) is 9.75. The molecule has 0 aliphatic rings. The molecule has 32 heavy (non-hydrogen) atoms. The molecule has 1 aromatic heterocycles. The van der Waals surface area contributed by atoms with Gasteiger partial charge in [-0.1, -0.05) is 61.5 Å². The molecule has 2 amide bonds. The molecule has 3 aromatic carbocycles. The molecule has 0 bridgehead atoms. The van der Waals surface area contributed by atoms with Crippen LogP contribution < -0.4 is 10.9 Å². The molecule has 4 aromatic rings. The van der Waals surface area contributed by atoms with Gasteiger partial charge >= 0.3 is 0 Å². The SMILES string of the molecule is CCc1ccc(C(=O)NNC(=O)c2ccccc2-c2ccc(Cn3cccn3)cc2)cc1. The van der Waals surface area contributed by atoms with Crippen molar-refractivity contribution in [2.45, 2.75) is 19.9 Å². The molecule has 0 aliphatic carbocycles. The second-order valence-corrected chi connectivity index (χ2v) is 7.40. The van der Waals surface area contributed by atoms with Gasteiger partial charge in [0, 0.05) is 23.5 Å². The molecule has 0 atom stereocenters. The smallest absolute Gasteiger partial charge is 0.268 e. The third-order valence-electron chi connectivity index (χ3n) is 5.25. The first-order valence-electron chi connectivity index (χ1n) is 10.5. The van der Waals surface area contributed by atoms with E-state index >= 15 is 0 Å². The van der Waals surface area contributed by atoms with E-state index in [0.717, 1.165) is 28.7 Å². The van der Waals surface area contributed by atoms with Crippen LogP contribution in [0.5, 0.6) is 0 Å². The second-order valence-electron chi connectivity index (χ2n) is 7.40. The number of aromatic nitrogens is 2. The molecule has 0 saturated carbocycles. The lowest BCUT2D eigenvalue weighted by Gasteiger charge is -2.12. The summed E-state index contributed by atoms with van der Waals surface area (Å²) in [5, 5.41) is 4.22. The number of rotatable bonds is 6. The Morgan fingerprint density at radius 2 is 1.50 bits per heavy atom. The van der Waals surface area contributed by atoms with Crippen molar-refractivity contribution in [3.05, 3.63) is 114 Å². The highest BCUT2D eigenvalue weighted by Gasteiger charge is 2.14. The Labute approximate surface area is 186 Å². The van der Waals surface area contributed by atoms with Crippen LogP contribution in [0.4, 0.5) is 0 Å². The van der Waals surface area contributed by atoms with E-state index in [1.165, 1.54) is 0 Å². The topological polar surface area (TPSA) is 76.0 Å². The van der Waals surface area contributed by atoms with Crippen molar-refractivity contribution >= 4 is 11.8 Å². The van der Waals surface area contributed by atoms with Crippen molar-refractivity contribution < 1.29 is 9.59 Å². The van der Waals surface area contributed by atoms with E-state index < -0.39 is 0 Å². The lowest BCUT2D eigenvalue weighted by atomic mass is 9.98. The van der Waals surface area contributed by atoms with Gasteiger partial charge in [-0.05, 0) is 52.9 Å². The van der Waals surface area contributed by atoms with Gasteiger partial charge in [-0.3, -0.25) is 25.1 Å². The fourth-order valence-electron chi connectivity index (χ4n) is 3.45. The Kier molecular flexibility index (Phi) is 6.41. The van der Waals surface area contributed by atoms with Gasteiger partial charge in [0.15, 0.2) is 0 Å². The van der Waals surface area contributed by atoms with Crippen LogP contribution in [0.15, 0.2) is 91.3 Å². The number of aryl methyl sites for hydroxylation is 1. The van der Waals surface area contributed by atoms with Gasteiger partial charge in [0.25, 0.3) is 11.8 Å². The zero-order chi connectivity index (χ0) is 22.3. The molecule has 160 valence electrons. The molecule has 0 aliphatic heterocycles. The van der Waals surface area contributed by atoms with Crippen molar-refractivity contribution in [1.29, 1.82) is 0 Å². The number of nitrogens with zero attached hydrogens (tertiary/aromatic N) is 2. The summed E-state index contributed by atoms with van der Waals surface area (Å²) in [7, 11) is 0. The van der Waals surface area contributed by atoms with Crippen LogP contribution in [-0.4, -0.2) is 21.6 Å². The lowest BCUT2D eigenvalue weighted by Crippen LogP contribution is -2.41. The number of amides is 2. The minimum absolute atomic E-state index is 0.360. The summed E-state index contributed by atoms with van der Waals surface area (Å²) in [5.74, 6) is -0.735. The van der Waals surface area contributed by atoms with Crippen molar-refractivity contribution in [1.82, 2.24) is 20.6 Å². The van der Waals surface area contributed by atoms with Crippen LogP contribution in [-0.2, 0) is 13.0 Å². The van der Waals surface area contributed by atoms with Gasteiger partial charge in [-0.15, -0.1) is 0 Å². The maximum Gasteiger partial charge on any atom is 0.270 e. The Bertz CT molecular complexity index is 1200. The summed E-state index contributed by atoms with van der Waals surface area (Å²) in [4.78, 5) is 25.2. The Morgan fingerprint density at radius 1 is 0.812 bits per heavy atom. The van der Waals surface area contributed by atoms with Crippen LogP contribution >= 0.6 is 0 Å². The van der Waals surface area contributed by atoms with Gasteiger partial charge in [0.05, 0.1) is 6.54 Å². The lowest BCUT2D eigenvalue weighted by molar-refractivity contribution is 0.0847. The average molecular weight is 425 g/mol. The average Bonchev–Trinajstić information content (AvgIpc) is 3.36. The van der Waals surface area contributed by atoms with Crippen molar-refractivity contribution in [2.24, 2.45) is 0 Å². The molecule has 0 radical (unpaired) electrons. The molecule has 6 nitrogen and oxygen atoms in total. The fourth-order valence-corrected chi connectivity index (χ4v) is 3.45. The highest BCUT2D eigenvalue weighted by Crippen LogP contribution is 2.24. The number of nitrogens with one attached hydrogen (secondary N) is 2. The maximum atomic E-state index is 12.8. The van der Waals surface area contributed by atoms with Gasteiger partial charge in [-0.25, -0.2) is 0 Å². The van der Waals surface area contributed by atoms with E-state index in [2.05, 4.69) is 22.9 Å². The largest absolute Gasteiger partial charge is 0.270 e. The zero-order valence-corrected chi connectivity index (χ0v) is 17.8. The third kappa shape index (κ3) is 4.92. The Balaban J connectivity index is 1.45. The van der Waals surface area contributed by atoms with E-state index in [-0.39, 0.29) is 11.8 Å². The molecule has 0 saturated heterocycles. The van der Waals surface area contributed by atoms with E-state index in [1.54, 1.807) is 30.5 Å². The summed E-state index contributed by atoms with van der Waals surface area (Å²) in [6.45, 7) is 2.74. The van der Waals surface area contributed by atoms with Gasteiger partial charge in [-0.2, -0.15) is 5.10 Å². The molecule has 6 heteroatoms. The summed E-state index contributed by atoms with van der Waals surface area (Å²) < 4.78 is 1.86. The van der Waals surface area contributed by atoms with Crippen molar-refractivity contribution in [3.8, 4) is 11.1 Å². The van der Waals surface area contributed by atoms with E-state index in [9.17, 15) is 9.59 Å². The fraction of sp³-hybridized carbons (Fsp3) is 0.115. The van der Waals surface area contributed by atoms with Crippen molar-refractivity contribution in [2.75, 3.05) is 0 Å². The summed E-state index contributed by atoms with van der Waals surface area (Å²) in [5.41, 5.74) is 9.96. The number of hydrazine groups is 1.